The first kappa shape index (κ1) is 16.9. The number of carboxylic acids is 1. The molecule has 7 nitrogen and oxygen atoms in total. The van der Waals surface area contributed by atoms with Crippen molar-refractivity contribution in [2.24, 2.45) is 23.7 Å². The number of carbonyl (C=O) groups is 2. The van der Waals surface area contributed by atoms with Gasteiger partial charge in [-0.1, -0.05) is 29.4 Å². The Morgan fingerprint density at radius 2 is 1.80 bits per heavy atom. The first-order valence-corrected chi connectivity index (χ1v) is 7.95. The van der Waals surface area contributed by atoms with Crippen LogP contribution < -0.4 is 5.32 Å². The van der Waals surface area contributed by atoms with E-state index in [0.29, 0.717) is 0 Å². The lowest BCUT2D eigenvalue weighted by Crippen LogP contribution is -2.36. The minimum Gasteiger partial charge on any atom is -0.481 e. The van der Waals surface area contributed by atoms with Gasteiger partial charge >= 0.3 is 5.97 Å². The number of carboxylic acid groups (broad SMARTS) is 1. The number of carbonyl (C=O) groups excluding carboxylic acids is 1. The highest BCUT2D eigenvalue weighted by molar-refractivity contribution is 5.97. The van der Waals surface area contributed by atoms with E-state index in [1.54, 1.807) is 6.07 Å². The first-order valence-electron chi connectivity index (χ1n) is 7.95. The number of non-ortho nitro benzene ring substituents is 1. The van der Waals surface area contributed by atoms with Crippen LogP contribution in [0, 0.1) is 33.8 Å². The number of nitro groups is 1. The average Bonchev–Trinajstić information content (AvgIpc) is 3.11. The molecule has 7 heteroatoms. The van der Waals surface area contributed by atoms with Crippen molar-refractivity contribution >= 4 is 23.3 Å². The monoisotopic (exact) mass is 342 g/mol. The van der Waals surface area contributed by atoms with Gasteiger partial charge in [0.2, 0.25) is 5.91 Å². The zero-order valence-electron chi connectivity index (χ0n) is 13.8. The number of fused-ring (bicyclic) bond motifs is 2. The second kappa shape index (κ2) is 6.16. The zero-order chi connectivity index (χ0) is 18.3. The number of nitro benzene ring substituents is 1. The SMILES string of the molecule is CC(C)=C1[C@H]2C=C[C@H]1[C@@H](C(=O)Nc1cccc([N+](=O)[O-])c1)[C@H]2C(=O)O. The van der Waals surface area contributed by atoms with Crippen LogP contribution in [0.3, 0.4) is 0 Å². The molecule has 1 aromatic carbocycles. The number of nitrogens with zero attached hydrogens (tertiary/aromatic N) is 1. The molecule has 4 atom stereocenters. The molecule has 0 heterocycles. The highest BCUT2D eigenvalue weighted by Crippen LogP contribution is 2.53. The fraction of sp³-hybridized carbons (Fsp3) is 0.333. The van der Waals surface area contributed by atoms with Crippen LogP contribution in [0.2, 0.25) is 0 Å². The number of aliphatic carboxylic acids is 1. The normalized spacial score (nSPS) is 26.6. The number of hydrogen-bond donors (Lipinski definition) is 2. The van der Waals surface area contributed by atoms with Crippen molar-refractivity contribution in [3.63, 3.8) is 0 Å². The summed E-state index contributed by atoms with van der Waals surface area (Å²) >= 11 is 0. The molecule has 1 fully saturated rings. The smallest absolute Gasteiger partial charge is 0.308 e. The molecular weight excluding hydrogens is 324 g/mol. The summed E-state index contributed by atoms with van der Waals surface area (Å²) in [5, 5.41) is 23.1. The van der Waals surface area contributed by atoms with E-state index in [1.807, 2.05) is 26.0 Å². The fourth-order valence-electron chi connectivity index (χ4n) is 3.96. The number of allylic oxidation sites excluding steroid dienone is 4. The van der Waals surface area contributed by atoms with Crippen molar-refractivity contribution in [2.75, 3.05) is 5.32 Å². The summed E-state index contributed by atoms with van der Waals surface area (Å²) < 4.78 is 0. The van der Waals surface area contributed by atoms with Crippen LogP contribution in [0.5, 0.6) is 0 Å². The van der Waals surface area contributed by atoms with E-state index >= 15 is 0 Å². The van der Waals surface area contributed by atoms with Crippen LogP contribution in [-0.4, -0.2) is 21.9 Å². The van der Waals surface area contributed by atoms with Crippen molar-refractivity contribution in [2.45, 2.75) is 13.8 Å². The molecule has 0 aliphatic heterocycles. The van der Waals surface area contributed by atoms with E-state index in [4.69, 9.17) is 0 Å². The predicted octanol–water partition coefficient (Wildman–Crippen LogP) is 3.00. The summed E-state index contributed by atoms with van der Waals surface area (Å²) in [6.07, 6.45) is 3.76. The van der Waals surface area contributed by atoms with E-state index in [9.17, 15) is 24.8 Å². The Balaban J connectivity index is 1.90. The van der Waals surface area contributed by atoms with Crippen LogP contribution >= 0.6 is 0 Å². The number of benzene rings is 1. The van der Waals surface area contributed by atoms with Gasteiger partial charge in [-0.05, 0) is 19.9 Å². The van der Waals surface area contributed by atoms with E-state index < -0.39 is 28.6 Å². The third-order valence-electron chi connectivity index (χ3n) is 4.89. The van der Waals surface area contributed by atoms with Gasteiger partial charge in [0.25, 0.3) is 5.69 Å². The summed E-state index contributed by atoms with van der Waals surface area (Å²) in [5.41, 5.74) is 2.17. The van der Waals surface area contributed by atoms with Crippen LogP contribution in [0.1, 0.15) is 13.8 Å². The van der Waals surface area contributed by atoms with Crippen molar-refractivity contribution in [3.8, 4) is 0 Å². The molecular formula is C18H18N2O5. The molecule has 1 saturated carbocycles. The summed E-state index contributed by atoms with van der Waals surface area (Å²) in [6, 6.07) is 5.62. The number of rotatable bonds is 4. The molecule has 0 spiro atoms. The van der Waals surface area contributed by atoms with Crippen LogP contribution in [0.25, 0.3) is 0 Å². The second-order valence-corrected chi connectivity index (χ2v) is 6.58. The van der Waals surface area contributed by atoms with E-state index in [1.165, 1.54) is 18.2 Å². The molecule has 1 aromatic rings. The Labute approximate surface area is 144 Å². The molecule has 2 aliphatic carbocycles. The van der Waals surface area contributed by atoms with E-state index in [0.717, 1.165) is 11.1 Å². The third-order valence-corrected chi connectivity index (χ3v) is 4.89. The number of nitrogens with one attached hydrogen (secondary N) is 1. The number of amides is 1. The quantitative estimate of drug-likeness (QED) is 0.496. The van der Waals surface area contributed by atoms with Crippen LogP contribution in [0.15, 0.2) is 47.6 Å². The average molecular weight is 342 g/mol. The maximum atomic E-state index is 12.8. The Kier molecular flexibility index (Phi) is 4.16. The Hall–Kier alpha value is -2.96. The maximum absolute atomic E-state index is 12.8. The van der Waals surface area contributed by atoms with E-state index in [2.05, 4.69) is 5.32 Å². The lowest BCUT2D eigenvalue weighted by molar-refractivity contribution is -0.384. The van der Waals surface area contributed by atoms with Crippen molar-refractivity contribution in [3.05, 3.63) is 57.7 Å². The summed E-state index contributed by atoms with van der Waals surface area (Å²) in [7, 11) is 0. The molecule has 2 aliphatic rings. The molecule has 0 saturated heterocycles. The van der Waals surface area contributed by atoms with Crippen LogP contribution in [-0.2, 0) is 9.59 Å². The molecule has 2 bridgehead atoms. The summed E-state index contributed by atoms with van der Waals surface area (Å²) in [6.45, 7) is 3.84. The maximum Gasteiger partial charge on any atom is 0.308 e. The summed E-state index contributed by atoms with van der Waals surface area (Å²) in [4.78, 5) is 34.8. The van der Waals surface area contributed by atoms with Gasteiger partial charge in [0.1, 0.15) is 0 Å². The predicted molar refractivity (Wildman–Crippen MR) is 90.8 cm³/mol. The van der Waals surface area contributed by atoms with Gasteiger partial charge in [0.05, 0.1) is 16.8 Å². The zero-order valence-corrected chi connectivity index (χ0v) is 13.8. The molecule has 2 N–H and O–H groups in total. The van der Waals surface area contributed by atoms with Crippen molar-refractivity contribution in [1.29, 1.82) is 0 Å². The number of hydrogen-bond acceptors (Lipinski definition) is 4. The van der Waals surface area contributed by atoms with E-state index in [-0.39, 0.29) is 23.2 Å². The second-order valence-electron chi connectivity index (χ2n) is 6.58. The Bertz CT molecular complexity index is 823. The highest BCUT2D eigenvalue weighted by Gasteiger charge is 2.54. The molecule has 25 heavy (non-hydrogen) atoms. The lowest BCUT2D eigenvalue weighted by Gasteiger charge is -2.23. The Morgan fingerprint density at radius 1 is 1.16 bits per heavy atom. The minimum atomic E-state index is -1.00. The molecule has 130 valence electrons. The fourth-order valence-corrected chi connectivity index (χ4v) is 3.96. The number of anilines is 1. The van der Waals surface area contributed by atoms with Gasteiger partial charge in [-0.15, -0.1) is 0 Å². The van der Waals surface area contributed by atoms with Gasteiger partial charge in [-0.3, -0.25) is 19.7 Å². The lowest BCUT2D eigenvalue weighted by atomic mass is 9.82. The van der Waals surface area contributed by atoms with Gasteiger partial charge in [0.15, 0.2) is 0 Å². The van der Waals surface area contributed by atoms with Gasteiger partial charge in [0, 0.05) is 29.7 Å². The standard InChI is InChI=1S/C18H18N2O5/c1-9(2)14-12-6-7-13(14)16(18(22)23)15(12)17(21)19-10-4-3-5-11(8-10)20(24)25/h3-8,12-13,15-16H,1-2H3,(H,19,21)(H,22,23)/t12-,13-,15-,16+/m1/s1. The minimum absolute atomic E-state index is 0.134. The molecule has 0 radical (unpaired) electrons. The Morgan fingerprint density at radius 3 is 2.36 bits per heavy atom. The topological polar surface area (TPSA) is 110 Å². The molecule has 3 rings (SSSR count). The van der Waals surface area contributed by atoms with Gasteiger partial charge in [-0.25, -0.2) is 0 Å². The molecule has 0 aromatic heterocycles. The summed E-state index contributed by atoms with van der Waals surface area (Å²) in [5.74, 6) is -3.49. The highest BCUT2D eigenvalue weighted by atomic mass is 16.6. The van der Waals surface area contributed by atoms with Gasteiger partial charge in [-0.2, -0.15) is 0 Å². The largest absolute Gasteiger partial charge is 0.481 e. The first-order chi connectivity index (χ1) is 11.8. The van der Waals surface area contributed by atoms with Crippen molar-refractivity contribution in [1.82, 2.24) is 0 Å². The third kappa shape index (κ3) is 2.82. The van der Waals surface area contributed by atoms with Gasteiger partial charge < -0.3 is 10.4 Å². The molecule has 0 unspecified atom stereocenters. The van der Waals surface area contributed by atoms with Crippen molar-refractivity contribution < 1.29 is 19.6 Å². The molecule has 1 amide bonds. The van der Waals surface area contributed by atoms with Crippen LogP contribution in [0.4, 0.5) is 11.4 Å².